The number of aryl methyl sites for hydroxylation is 1. The van der Waals surface area contributed by atoms with Crippen molar-refractivity contribution in [2.24, 2.45) is 0 Å². The van der Waals surface area contributed by atoms with Crippen LogP contribution in [0.25, 0.3) is 11.1 Å². The first kappa shape index (κ1) is 20.4. The maximum atomic E-state index is 11.7. The quantitative estimate of drug-likeness (QED) is 0.598. The minimum atomic E-state index is -0.773. The Kier molecular flexibility index (Phi) is 5.74. The van der Waals surface area contributed by atoms with E-state index in [1.54, 1.807) is 0 Å². The molecule has 3 nitrogen and oxygen atoms in total. The second kappa shape index (κ2) is 8.45. The molecule has 3 aromatic carbocycles. The molecule has 0 atom stereocenters. The first-order valence-electron chi connectivity index (χ1n) is 10.6. The number of carboxylic acids is 1. The number of nitrogens with zero attached hydrogens (tertiary/aromatic N) is 1. The molecule has 0 spiro atoms. The van der Waals surface area contributed by atoms with Gasteiger partial charge in [0.2, 0.25) is 0 Å². The molecular formula is C27H29NO2. The fourth-order valence-electron chi connectivity index (χ4n) is 4.70. The number of rotatable bonds is 6. The molecule has 0 saturated carbocycles. The van der Waals surface area contributed by atoms with Crippen molar-refractivity contribution in [3.05, 3.63) is 93.5 Å². The van der Waals surface area contributed by atoms with E-state index in [0.29, 0.717) is 0 Å². The highest BCUT2D eigenvalue weighted by atomic mass is 16.4. The summed E-state index contributed by atoms with van der Waals surface area (Å²) >= 11 is 0. The third-order valence-corrected chi connectivity index (χ3v) is 6.39. The molecule has 3 heteroatoms. The van der Waals surface area contributed by atoms with Crippen LogP contribution in [-0.4, -0.2) is 22.5 Å². The predicted molar refractivity (Wildman–Crippen MR) is 122 cm³/mol. The average molecular weight is 400 g/mol. The molecular weight excluding hydrogens is 370 g/mol. The van der Waals surface area contributed by atoms with E-state index in [4.69, 9.17) is 0 Å². The van der Waals surface area contributed by atoms with Gasteiger partial charge in [0.25, 0.3) is 0 Å². The Morgan fingerprint density at radius 1 is 0.900 bits per heavy atom. The minimum Gasteiger partial charge on any atom is -0.481 e. The average Bonchev–Trinajstić information content (AvgIpc) is 3.17. The second-order valence-corrected chi connectivity index (χ2v) is 8.44. The van der Waals surface area contributed by atoms with Crippen LogP contribution in [0.5, 0.6) is 0 Å². The predicted octanol–water partition coefficient (Wildman–Crippen LogP) is 5.46. The van der Waals surface area contributed by atoms with Gasteiger partial charge >= 0.3 is 5.97 Å². The van der Waals surface area contributed by atoms with Crippen molar-refractivity contribution in [3.63, 3.8) is 0 Å². The lowest BCUT2D eigenvalue weighted by molar-refractivity contribution is -0.136. The highest BCUT2D eigenvalue weighted by molar-refractivity contribution is 5.81. The van der Waals surface area contributed by atoms with Gasteiger partial charge in [-0.25, -0.2) is 0 Å². The number of benzene rings is 3. The van der Waals surface area contributed by atoms with E-state index in [2.05, 4.69) is 80.3 Å². The molecule has 0 aromatic heterocycles. The molecule has 0 fully saturated rings. The van der Waals surface area contributed by atoms with Crippen LogP contribution in [0.2, 0.25) is 0 Å². The fourth-order valence-corrected chi connectivity index (χ4v) is 4.70. The summed E-state index contributed by atoms with van der Waals surface area (Å²) in [7, 11) is 0. The maximum Gasteiger partial charge on any atom is 0.307 e. The molecule has 1 aliphatic heterocycles. The monoisotopic (exact) mass is 399 g/mol. The Labute approximate surface area is 179 Å². The van der Waals surface area contributed by atoms with E-state index >= 15 is 0 Å². The highest BCUT2D eigenvalue weighted by Gasteiger charge is 2.28. The standard InChI is InChI=1S/C27H29NO2/c1-18-9-11-22(12-10-18)27-20(3)25-17-28(14-13-21-7-5-4-6-8-21)16-24(25)19(2)23(27)15-26(29)30/h4-12H,13-17H2,1-3H3,(H,29,30). The third kappa shape index (κ3) is 4.03. The lowest BCUT2D eigenvalue weighted by atomic mass is 9.84. The van der Waals surface area contributed by atoms with Gasteiger partial charge in [-0.2, -0.15) is 0 Å². The first-order valence-corrected chi connectivity index (χ1v) is 10.6. The Morgan fingerprint density at radius 2 is 1.53 bits per heavy atom. The molecule has 30 heavy (non-hydrogen) atoms. The molecule has 154 valence electrons. The van der Waals surface area contributed by atoms with E-state index < -0.39 is 5.97 Å². The van der Waals surface area contributed by atoms with Crippen molar-refractivity contribution < 1.29 is 9.90 Å². The Hall–Kier alpha value is -2.91. The topological polar surface area (TPSA) is 40.5 Å². The van der Waals surface area contributed by atoms with Crippen LogP contribution in [0.4, 0.5) is 0 Å². The van der Waals surface area contributed by atoms with Crippen molar-refractivity contribution in [1.82, 2.24) is 4.90 Å². The summed E-state index contributed by atoms with van der Waals surface area (Å²) < 4.78 is 0. The van der Waals surface area contributed by atoms with E-state index in [1.165, 1.54) is 27.8 Å². The molecule has 0 radical (unpaired) electrons. The van der Waals surface area contributed by atoms with E-state index in [1.807, 2.05) is 0 Å². The second-order valence-electron chi connectivity index (χ2n) is 8.44. The maximum absolute atomic E-state index is 11.7. The lowest BCUT2D eigenvalue weighted by Gasteiger charge is -2.20. The van der Waals surface area contributed by atoms with Gasteiger partial charge in [-0.1, -0.05) is 60.2 Å². The molecule has 0 aliphatic carbocycles. The van der Waals surface area contributed by atoms with Crippen LogP contribution < -0.4 is 0 Å². The van der Waals surface area contributed by atoms with Crippen molar-refractivity contribution in [2.45, 2.75) is 46.7 Å². The van der Waals surface area contributed by atoms with Crippen LogP contribution in [0.1, 0.15) is 38.9 Å². The van der Waals surface area contributed by atoms with Gasteiger partial charge in [0, 0.05) is 19.6 Å². The summed E-state index contributed by atoms with van der Waals surface area (Å²) in [4.78, 5) is 14.2. The number of hydrogen-bond donors (Lipinski definition) is 1. The van der Waals surface area contributed by atoms with Crippen molar-refractivity contribution in [1.29, 1.82) is 0 Å². The van der Waals surface area contributed by atoms with Crippen LogP contribution in [-0.2, 0) is 30.7 Å². The summed E-state index contributed by atoms with van der Waals surface area (Å²) in [5.41, 5.74) is 10.8. The molecule has 0 unspecified atom stereocenters. The van der Waals surface area contributed by atoms with Gasteiger partial charge < -0.3 is 5.11 Å². The third-order valence-electron chi connectivity index (χ3n) is 6.39. The zero-order valence-electron chi connectivity index (χ0n) is 18.0. The molecule has 1 aliphatic rings. The molecule has 0 bridgehead atoms. The van der Waals surface area contributed by atoms with Crippen LogP contribution in [0, 0.1) is 20.8 Å². The summed E-state index contributed by atoms with van der Waals surface area (Å²) in [6.07, 6.45) is 1.09. The Balaban J connectivity index is 1.70. The zero-order chi connectivity index (χ0) is 21.3. The fraction of sp³-hybridized carbons (Fsp3) is 0.296. The molecule has 3 aromatic rings. The van der Waals surface area contributed by atoms with E-state index in [9.17, 15) is 9.90 Å². The van der Waals surface area contributed by atoms with E-state index in [0.717, 1.165) is 48.3 Å². The highest BCUT2D eigenvalue weighted by Crippen LogP contribution is 2.39. The molecule has 1 heterocycles. The zero-order valence-corrected chi connectivity index (χ0v) is 18.0. The van der Waals surface area contributed by atoms with Gasteiger partial charge in [0.15, 0.2) is 0 Å². The molecule has 1 N–H and O–H groups in total. The molecule has 4 rings (SSSR count). The Morgan fingerprint density at radius 3 is 2.17 bits per heavy atom. The first-order chi connectivity index (χ1) is 14.4. The minimum absolute atomic E-state index is 0.0627. The SMILES string of the molecule is Cc1ccc(-c2c(C)c3c(c(C)c2CC(=O)O)CN(CCc2ccccc2)C3)cc1. The number of aliphatic carboxylic acids is 1. The number of carbonyl (C=O) groups is 1. The number of hydrogen-bond acceptors (Lipinski definition) is 2. The van der Waals surface area contributed by atoms with Gasteiger partial charge in [-0.3, -0.25) is 9.69 Å². The van der Waals surface area contributed by atoms with Crippen molar-refractivity contribution >= 4 is 5.97 Å². The van der Waals surface area contributed by atoms with Gasteiger partial charge in [0.1, 0.15) is 0 Å². The summed E-state index contributed by atoms with van der Waals surface area (Å²) in [5.74, 6) is -0.773. The van der Waals surface area contributed by atoms with Gasteiger partial charge in [-0.15, -0.1) is 0 Å². The largest absolute Gasteiger partial charge is 0.481 e. The van der Waals surface area contributed by atoms with E-state index in [-0.39, 0.29) is 6.42 Å². The smallest absolute Gasteiger partial charge is 0.307 e. The lowest BCUT2D eigenvalue weighted by Crippen LogP contribution is -2.19. The normalized spacial score (nSPS) is 13.4. The van der Waals surface area contributed by atoms with Crippen LogP contribution >= 0.6 is 0 Å². The Bertz CT molecular complexity index is 1070. The van der Waals surface area contributed by atoms with Crippen molar-refractivity contribution in [3.8, 4) is 11.1 Å². The molecule has 0 saturated heterocycles. The number of carboxylic acid groups (broad SMARTS) is 1. The van der Waals surface area contributed by atoms with Crippen LogP contribution in [0.15, 0.2) is 54.6 Å². The van der Waals surface area contributed by atoms with Gasteiger partial charge in [0.05, 0.1) is 6.42 Å². The molecule has 0 amide bonds. The van der Waals surface area contributed by atoms with Crippen molar-refractivity contribution in [2.75, 3.05) is 6.54 Å². The summed E-state index contributed by atoms with van der Waals surface area (Å²) in [6, 6.07) is 19.1. The van der Waals surface area contributed by atoms with Gasteiger partial charge in [-0.05, 0) is 71.7 Å². The number of fused-ring (bicyclic) bond motifs is 1. The summed E-state index contributed by atoms with van der Waals surface area (Å²) in [6.45, 7) is 9.18. The summed E-state index contributed by atoms with van der Waals surface area (Å²) in [5, 5.41) is 9.60. The van der Waals surface area contributed by atoms with Crippen LogP contribution in [0.3, 0.4) is 0 Å².